The number of hydrogen-bond acceptors (Lipinski definition) is 4. The molecule has 2 aromatic carbocycles. The second-order valence-electron chi connectivity index (χ2n) is 6.30. The van der Waals surface area contributed by atoms with Crippen molar-refractivity contribution in [3.8, 4) is 5.75 Å². The number of methoxy groups -OCH3 is 1. The summed E-state index contributed by atoms with van der Waals surface area (Å²) in [5.74, 6) is 0.472. The number of piperazine rings is 1. The molecule has 0 aromatic heterocycles. The van der Waals surface area contributed by atoms with E-state index in [0.717, 1.165) is 30.9 Å². The summed E-state index contributed by atoms with van der Waals surface area (Å²) in [7, 11) is 1.68. The first-order valence-corrected chi connectivity index (χ1v) is 8.80. The quantitative estimate of drug-likeness (QED) is 0.835. The van der Waals surface area contributed by atoms with E-state index in [0.29, 0.717) is 18.7 Å². The standard InChI is InChI=1S/C20H24FN3O2/c1-26-19-5-3-2-4-17(19)18-14-22-11-13-24(18)12-10-20(25)23-16-8-6-15(21)7-9-16/h2-9,18,22H,10-14H2,1H3,(H,23,25). The molecule has 1 atom stereocenters. The normalized spacial score (nSPS) is 17.7. The second-order valence-corrected chi connectivity index (χ2v) is 6.30. The third kappa shape index (κ3) is 4.59. The molecule has 138 valence electrons. The number of para-hydroxylation sites is 1. The first kappa shape index (κ1) is 18.4. The maximum atomic E-state index is 12.9. The van der Waals surface area contributed by atoms with Crippen LogP contribution in [0, 0.1) is 5.82 Å². The van der Waals surface area contributed by atoms with Crippen molar-refractivity contribution in [2.45, 2.75) is 12.5 Å². The third-order valence-corrected chi connectivity index (χ3v) is 4.61. The van der Waals surface area contributed by atoms with Gasteiger partial charge in [0.2, 0.25) is 5.91 Å². The molecule has 1 unspecified atom stereocenters. The molecule has 0 radical (unpaired) electrons. The average Bonchev–Trinajstić information content (AvgIpc) is 2.68. The van der Waals surface area contributed by atoms with E-state index < -0.39 is 0 Å². The van der Waals surface area contributed by atoms with Gasteiger partial charge >= 0.3 is 0 Å². The molecule has 0 aliphatic carbocycles. The van der Waals surface area contributed by atoms with Crippen LogP contribution in [0.1, 0.15) is 18.0 Å². The molecule has 1 amide bonds. The van der Waals surface area contributed by atoms with Gasteiger partial charge in [0, 0.05) is 43.9 Å². The number of halogens is 1. The Balaban J connectivity index is 1.61. The van der Waals surface area contributed by atoms with Gasteiger partial charge in [-0.2, -0.15) is 0 Å². The summed E-state index contributed by atoms with van der Waals surface area (Å²) in [6.45, 7) is 3.23. The lowest BCUT2D eigenvalue weighted by atomic mass is 10.0. The smallest absolute Gasteiger partial charge is 0.225 e. The lowest BCUT2D eigenvalue weighted by Crippen LogP contribution is -2.46. The molecule has 2 N–H and O–H groups in total. The molecule has 1 aliphatic rings. The van der Waals surface area contributed by atoms with Crippen LogP contribution in [0.25, 0.3) is 0 Å². The van der Waals surface area contributed by atoms with Crippen LogP contribution in [0.5, 0.6) is 5.75 Å². The molecule has 0 bridgehead atoms. The van der Waals surface area contributed by atoms with Crippen molar-refractivity contribution in [3.63, 3.8) is 0 Å². The van der Waals surface area contributed by atoms with Crippen molar-refractivity contribution in [2.75, 3.05) is 38.6 Å². The molecule has 26 heavy (non-hydrogen) atoms. The van der Waals surface area contributed by atoms with Crippen molar-refractivity contribution in [1.82, 2.24) is 10.2 Å². The van der Waals surface area contributed by atoms with Gasteiger partial charge in [-0.3, -0.25) is 9.69 Å². The molecule has 1 aliphatic heterocycles. The Bertz CT molecular complexity index is 736. The fourth-order valence-electron chi connectivity index (χ4n) is 3.26. The van der Waals surface area contributed by atoms with Crippen LogP contribution in [0.15, 0.2) is 48.5 Å². The Hall–Kier alpha value is -2.44. The summed E-state index contributed by atoms with van der Waals surface area (Å²) in [4.78, 5) is 14.5. The Morgan fingerprint density at radius 2 is 2.04 bits per heavy atom. The summed E-state index contributed by atoms with van der Waals surface area (Å²) >= 11 is 0. The van der Waals surface area contributed by atoms with Crippen LogP contribution in [-0.2, 0) is 4.79 Å². The van der Waals surface area contributed by atoms with E-state index in [4.69, 9.17) is 4.74 Å². The number of benzene rings is 2. The number of amides is 1. The maximum Gasteiger partial charge on any atom is 0.225 e. The van der Waals surface area contributed by atoms with Crippen LogP contribution >= 0.6 is 0 Å². The molecular formula is C20H24FN3O2. The fraction of sp³-hybridized carbons (Fsp3) is 0.350. The molecule has 1 saturated heterocycles. The van der Waals surface area contributed by atoms with Gasteiger partial charge in [0.1, 0.15) is 11.6 Å². The first-order chi connectivity index (χ1) is 12.7. The summed E-state index contributed by atoms with van der Waals surface area (Å²) in [6.07, 6.45) is 0.378. The van der Waals surface area contributed by atoms with Gasteiger partial charge in [0.25, 0.3) is 0 Å². The number of rotatable bonds is 6. The minimum atomic E-state index is -0.316. The van der Waals surface area contributed by atoms with Gasteiger partial charge in [-0.15, -0.1) is 0 Å². The predicted octanol–water partition coefficient (Wildman–Crippen LogP) is 2.81. The summed E-state index contributed by atoms with van der Waals surface area (Å²) in [6, 6.07) is 14.0. The molecule has 0 saturated carbocycles. The first-order valence-electron chi connectivity index (χ1n) is 8.80. The maximum absolute atomic E-state index is 12.9. The van der Waals surface area contributed by atoms with E-state index in [-0.39, 0.29) is 17.8 Å². The minimum absolute atomic E-state index is 0.0751. The molecule has 1 fully saturated rings. The zero-order valence-electron chi connectivity index (χ0n) is 14.9. The van der Waals surface area contributed by atoms with Crippen LogP contribution in [0.3, 0.4) is 0 Å². The second kappa shape index (κ2) is 8.78. The highest BCUT2D eigenvalue weighted by molar-refractivity contribution is 5.90. The van der Waals surface area contributed by atoms with Gasteiger partial charge in [-0.25, -0.2) is 4.39 Å². The van der Waals surface area contributed by atoms with E-state index in [2.05, 4.69) is 21.6 Å². The van der Waals surface area contributed by atoms with E-state index in [1.807, 2.05) is 18.2 Å². The van der Waals surface area contributed by atoms with Crippen molar-refractivity contribution < 1.29 is 13.9 Å². The van der Waals surface area contributed by atoms with Crippen molar-refractivity contribution >= 4 is 11.6 Å². The number of ether oxygens (including phenoxy) is 1. The lowest BCUT2D eigenvalue weighted by Gasteiger charge is -2.37. The van der Waals surface area contributed by atoms with Crippen LogP contribution < -0.4 is 15.4 Å². The molecule has 0 spiro atoms. The number of nitrogens with zero attached hydrogens (tertiary/aromatic N) is 1. The van der Waals surface area contributed by atoms with Crippen LogP contribution in [0.2, 0.25) is 0 Å². The van der Waals surface area contributed by atoms with E-state index in [1.54, 1.807) is 19.2 Å². The van der Waals surface area contributed by atoms with Crippen molar-refractivity contribution in [1.29, 1.82) is 0 Å². The Morgan fingerprint density at radius 3 is 2.81 bits per heavy atom. The third-order valence-electron chi connectivity index (χ3n) is 4.61. The van der Waals surface area contributed by atoms with E-state index in [1.165, 1.54) is 12.1 Å². The highest BCUT2D eigenvalue weighted by atomic mass is 19.1. The molecule has 1 heterocycles. The molecule has 5 nitrogen and oxygen atoms in total. The van der Waals surface area contributed by atoms with Crippen LogP contribution in [-0.4, -0.2) is 44.1 Å². The van der Waals surface area contributed by atoms with Crippen molar-refractivity contribution in [2.24, 2.45) is 0 Å². The highest BCUT2D eigenvalue weighted by Gasteiger charge is 2.26. The van der Waals surface area contributed by atoms with Crippen molar-refractivity contribution in [3.05, 3.63) is 59.9 Å². The fourth-order valence-corrected chi connectivity index (χ4v) is 3.26. The summed E-state index contributed by atoms with van der Waals surface area (Å²) < 4.78 is 18.4. The Labute approximate surface area is 153 Å². The van der Waals surface area contributed by atoms with Gasteiger partial charge in [-0.05, 0) is 30.3 Å². The van der Waals surface area contributed by atoms with E-state index in [9.17, 15) is 9.18 Å². The Morgan fingerprint density at radius 1 is 1.27 bits per heavy atom. The number of hydrogen-bond donors (Lipinski definition) is 2. The van der Waals surface area contributed by atoms with Crippen LogP contribution in [0.4, 0.5) is 10.1 Å². The average molecular weight is 357 g/mol. The predicted molar refractivity (Wildman–Crippen MR) is 99.8 cm³/mol. The SMILES string of the molecule is COc1ccccc1C1CNCCN1CCC(=O)Nc1ccc(F)cc1. The van der Waals surface area contributed by atoms with Gasteiger partial charge in [-0.1, -0.05) is 18.2 Å². The summed E-state index contributed by atoms with van der Waals surface area (Å²) in [5.41, 5.74) is 1.74. The number of carbonyl (C=O) groups excluding carboxylic acids is 1. The lowest BCUT2D eigenvalue weighted by molar-refractivity contribution is -0.116. The van der Waals surface area contributed by atoms with Gasteiger partial charge < -0.3 is 15.4 Å². The molecular weight excluding hydrogens is 333 g/mol. The highest BCUT2D eigenvalue weighted by Crippen LogP contribution is 2.30. The minimum Gasteiger partial charge on any atom is -0.496 e. The van der Waals surface area contributed by atoms with Gasteiger partial charge in [0.05, 0.1) is 13.2 Å². The molecule has 6 heteroatoms. The summed E-state index contributed by atoms with van der Waals surface area (Å²) in [5, 5.41) is 6.23. The molecule has 2 aromatic rings. The number of carbonyl (C=O) groups is 1. The van der Waals surface area contributed by atoms with E-state index >= 15 is 0 Å². The Kier molecular flexibility index (Phi) is 6.20. The number of anilines is 1. The molecule has 3 rings (SSSR count). The largest absolute Gasteiger partial charge is 0.496 e. The number of nitrogens with one attached hydrogen (secondary N) is 2. The van der Waals surface area contributed by atoms with Gasteiger partial charge in [0.15, 0.2) is 0 Å². The zero-order valence-corrected chi connectivity index (χ0v) is 14.9. The topological polar surface area (TPSA) is 53.6 Å². The zero-order chi connectivity index (χ0) is 18.4. The monoisotopic (exact) mass is 357 g/mol.